The molecular weight excluding hydrogens is 238 g/mol. The fraction of sp³-hybridized carbons (Fsp3) is 0.333. The van der Waals surface area contributed by atoms with Gasteiger partial charge in [0.05, 0.1) is 0 Å². The minimum absolute atomic E-state index is 0.973. The Morgan fingerprint density at radius 2 is 2.07 bits per heavy atom. The number of benzene rings is 1. The zero-order chi connectivity index (χ0) is 10.6. The first-order chi connectivity index (χ1) is 6.61. The summed E-state index contributed by atoms with van der Waals surface area (Å²) in [6.45, 7) is 3.08. The van der Waals surface area contributed by atoms with Crippen LogP contribution in [-0.4, -0.2) is 25.5 Å². The summed E-state index contributed by atoms with van der Waals surface area (Å²) in [5, 5.41) is 0. The minimum atomic E-state index is 0.973. The van der Waals surface area contributed by atoms with E-state index in [-0.39, 0.29) is 0 Å². The van der Waals surface area contributed by atoms with Gasteiger partial charge < -0.3 is 4.90 Å². The van der Waals surface area contributed by atoms with Crippen molar-refractivity contribution in [1.82, 2.24) is 4.90 Å². The van der Waals surface area contributed by atoms with Crippen molar-refractivity contribution in [2.24, 2.45) is 0 Å². The van der Waals surface area contributed by atoms with E-state index in [0.29, 0.717) is 0 Å². The second-order valence-corrected chi connectivity index (χ2v) is 4.44. The van der Waals surface area contributed by atoms with Crippen LogP contribution in [0.15, 0.2) is 28.7 Å². The largest absolute Gasteiger partial charge is 0.306 e. The Labute approximate surface area is 94.6 Å². The van der Waals surface area contributed by atoms with Crippen LogP contribution in [0.1, 0.15) is 11.1 Å². The van der Waals surface area contributed by atoms with Gasteiger partial charge >= 0.3 is 0 Å². The molecule has 2 heteroatoms. The summed E-state index contributed by atoms with van der Waals surface area (Å²) in [5.74, 6) is 0. The average Bonchev–Trinajstić information content (AvgIpc) is 2.12. The summed E-state index contributed by atoms with van der Waals surface area (Å²) in [6.07, 6.45) is 4.32. The monoisotopic (exact) mass is 253 g/mol. The van der Waals surface area contributed by atoms with Gasteiger partial charge in [0.2, 0.25) is 0 Å². The van der Waals surface area contributed by atoms with Crippen LogP contribution in [0.4, 0.5) is 0 Å². The average molecular weight is 254 g/mol. The molecule has 1 rings (SSSR count). The van der Waals surface area contributed by atoms with E-state index in [1.807, 2.05) is 0 Å². The van der Waals surface area contributed by atoms with Gasteiger partial charge in [0.15, 0.2) is 0 Å². The Hall–Kier alpha value is -0.600. The molecule has 0 spiro atoms. The maximum absolute atomic E-state index is 3.58. The van der Waals surface area contributed by atoms with Crippen molar-refractivity contribution in [3.8, 4) is 0 Å². The van der Waals surface area contributed by atoms with Crippen molar-refractivity contribution >= 4 is 22.0 Å². The normalized spacial score (nSPS) is 11.5. The summed E-state index contributed by atoms with van der Waals surface area (Å²) in [6, 6.07) is 6.30. The van der Waals surface area contributed by atoms with Gasteiger partial charge in [-0.2, -0.15) is 0 Å². The lowest BCUT2D eigenvalue weighted by atomic mass is 10.1. The third-order valence-corrected chi connectivity index (χ3v) is 3.07. The number of halogens is 1. The topological polar surface area (TPSA) is 3.24 Å². The fourth-order valence-electron chi connectivity index (χ4n) is 1.19. The van der Waals surface area contributed by atoms with Crippen molar-refractivity contribution in [3.63, 3.8) is 0 Å². The molecule has 1 aromatic rings. The number of aryl methyl sites for hydroxylation is 1. The zero-order valence-electron chi connectivity index (χ0n) is 8.92. The van der Waals surface area contributed by atoms with E-state index in [1.165, 1.54) is 15.6 Å². The molecule has 1 nitrogen and oxygen atoms in total. The van der Waals surface area contributed by atoms with E-state index in [9.17, 15) is 0 Å². The standard InChI is InChI=1S/C12H16BrN/c1-10-6-4-7-11(12(10)13)8-5-9-14(2)3/h4-8H,9H2,1-3H3. The van der Waals surface area contributed by atoms with Crippen LogP contribution in [0.5, 0.6) is 0 Å². The Morgan fingerprint density at radius 3 is 2.71 bits per heavy atom. The SMILES string of the molecule is Cc1cccc(C=CCN(C)C)c1Br. The molecule has 1 aromatic carbocycles. The molecule has 0 aliphatic heterocycles. The highest BCUT2D eigenvalue weighted by molar-refractivity contribution is 9.10. The molecule has 0 radical (unpaired) electrons. The molecule has 0 atom stereocenters. The molecule has 0 aliphatic carbocycles. The first kappa shape index (κ1) is 11.5. The molecule has 0 bridgehead atoms. The first-order valence-electron chi connectivity index (χ1n) is 4.67. The smallest absolute Gasteiger partial charge is 0.0276 e. The van der Waals surface area contributed by atoms with Gasteiger partial charge in [0.1, 0.15) is 0 Å². The van der Waals surface area contributed by atoms with Gasteiger partial charge in [-0.1, -0.05) is 30.4 Å². The molecule has 0 fully saturated rings. The van der Waals surface area contributed by atoms with Crippen molar-refractivity contribution in [2.75, 3.05) is 20.6 Å². The number of hydrogen-bond acceptors (Lipinski definition) is 1. The summed E-state index contributed by atoms with van der Waals surface area (Å²) in [5.41, 5.74) is 2.52. The molecule has 76 valence electrons. The van der Waals surface area contributed by atoms with E-state index in [0.717, 1.165) is 6.54 Å². The molecular formula is C12H16BrN. The van der Waals surface area contributed by atoms with E-state index in [4.69, 9.17) is 0 Å². The van der Waals surface area contributed by atoms with Gasteiger partial charge in [-0.25, -0.2) is 0 Å². The highest BCUT2D eigenvalue weighted by Gasteiger charge is 1.97. The van der Waals surface area contributed by atoms with E-state index in [2.05, 4.69) is 72.2 Å². The van der Waals surface area contributed by atoms with Gasteiger partial charge in [0.25, 0.3) is 0 Å². The number of hydrogen-bond donors (Lipinski definition) is 0. The highest BCUT2D eigenvalue weighted by atomic mass is 79.9. The molecule has 0 N–H and O–H groups in total. The van der Waals surface area contributed by atoms with Gasteiger partial charge in [-0.05, 0) is 48.1 Å². The zero-order valence-corrected chi connectivity index (χ0v) is 10.5. The van der Waals surface area contributed by atoms with Crippen molar-refractivity contribution < 1.29 is 0 Å². The van der Waals surface area contributed by atoms with Crippen LogP contribution in [0.3, 0.4) is 0 Å². The van der Waals surface area contributed by atoms with Crippen LogP contribution in [0, 0.1) is 6.92 Å². The number of rotatable bonds is 3. The van der Waals surface area contributed by atoms with Gasteiger partial charge in [0, 0.05) is 11.0 Å². The van der Waals surface area contributed by atoms with Crippen LogP contribution in [0.25, 0.3) is 6.08 Å². The van der Waals surface area contributed by atoms with Crippen LogP contribution in [-0.2, 0) is 0 Å². The molecule has 0 heterocycles. The highest BCUT2D eigenvalue weighted by Crippen LogP contribution is 2.21. The Kier molecular flexibility index (Phi) is 4.36. The Bertz CT molecular complexity index is 329. The van der Waals surface area contributed by atoms with Crippen molar-refractivity contribution in [3.05, 3.63) is 39.9 Å². The predicted molar refractivity (Wildman–Crippen MR) is 66.5 cm³/mol. The van der Waals surface area contributed by atoms with Crippen LogP contribution >= 0.6 is 15.9 Å². The third-order valence-electron chi connectivity index (χ3n) is 1.99. The summed E-state index contributed by atoms with van der Waals surface area (Å²) in [7, 11) is 4.13. The predicted octanol–water partition coefficient (Wildman–Crippen LogP) is 3.33. The summed E-state index contributed by atoms with van der Waals surface area (Å²) >= 11 is 3.58. The molecule has 0 amide bonds. The van der Waals surface area contributed by atoms with Crippen LogP contribution < -0.4 is 0 Å². The van der Waals surface area contributed by atoms with Gasteiger partial charge in [-0.3, -0.25) is 0 Å². The maximum Gasteiger partial charge on any atom is 0.0276 e. The maximum atomic E-state index is 3.58. The number of likely N-dealkylation sites (N-methyl/N-ethyl adjacent to an activating group) is 1. The van der Waals surface area contributed by atoms with E-state index < -0.39 is 0 Å². The lowest BCUT2D eigenvalue weighted by Crippen LogP contribution is -2.10. The number of nitrogens with zero attached hydrogens (tertiary/aromatic N) is 1. The second-order valence-electron chi connectivity index (χ2n) is 3.64. The molecule has 0 aromatic heterocycles. The molecule has 0 saturated heterocycles. The molecule has 0 unspecified atom stereocenters. The summed E-state index contributed by atoms with van der Waals surface area (Å²) in [4.78, 5) is 2.14. The van der Waals surface area contributed by atoms with E-state index >= 15 is 0 Å². The lowest BCUT2D eigenvalue weighted by molar-refractivity contribution is 0.457. The molecule has 0 aliphatic rings. The third kappa shape index (κ3) is 3.28. The summed E-state index contributed by atoms with van der Waals surface area (Å²) < 4.78 is 1.19. The first-order valence-corrected chi connectivity index (χ1v) is 5.47. The quantitative estimate of drug-likeness (QED) is 0.799. The fourth-order valence-corrected chi connectivity index (χ4v) is 1.59. The molecule has 0 saturated carbocycles. The van der Waals surface area contributed by atoms with Gasteiger partial charge in [-0.15, -0.1) is 0 Å². The van der Waals surface area contributed by atoms with E-state index in [1.54, 1.807) is 0 Å². The Balaban J connectivity index is 2.76. The minimum Gasteiger partial charge on any atom is -0.306 e. The lowest BCUT2D eigenvalue weighted by Gasteiger charge is -2.05. The van der Waals surface area contributed by atoms with Crippen molar-refractivity contribution in [1.29, 1.82) is 0 Å². The molecule has 14 heavy (non-hydrogen) atoms. The second kappa shape index (κ2) is 5.32. The Morgan fingerprint density at radius 1 is 1.36 bits per heavy atom. The van der Waals surface area contributed by atoms with Crippen LogP contribution in [0.2, 0.25) is 0 Å². The van der Waals surface area contributed by atoms with Crippen molar-refractivity contribution in [2.45, 2.75) is 6.92 Å².